The molecule has 7 heteroatoms. The summed E-state index contributed by atoms with van der Waals surface area (Å²) < 4.78 is 39.0. The summed E-state index contributed by atoms with van der Waals surface area (Å²) in [4.78, 5) is 9.48. The molecule has 1 aliphatic heterocycles. The van der Waals surface area contributed by atoms with E-state index < -0.39 is 17.5 Å². The first-order chi connectivity index (χ1) is 14.4. The molecule has 4 nitrogen and oxygen atoms in total. The van der Waals surface area contributed by atoms with Crippen molar-refractivity contribution in [1.29, 1.82) is 0 Å². The largest absolute Gasteiger partial charge is 0.433 e. The molecule has 1 aromatic heterocycles. The average molecular weight is 413 g/mol. The number of rotatable bonds is 4. The molecule has 2 aromatic carbocycles. The van der Waals surface area contributed by atoms with E-state index in [4.69, 9.17) is 0 Å². The molecular formula is C23H22F3N3O. The fourth-order valence-electron chi connectivity index (χ4n) is 4.18. The Bertz CT molecular complexity index is 932. The van der Waals surface area contributed by atoms with Crippen LogP contribution in [0.4, 0.5) is 19.1 Å². The Morgan fingerprint density at radius 2 is 1.37 bits per heavy atom. The van der Waals surface area contributed by atoms with Crippen LogP contribution in [0.2, 0.25) is 0 Å². The highest BCUT2D eigenvalue weighted by molar-refractivity contribution is 5.38. The lowest BCUT2D eigenvalue weighted by atomic mass is 9.72. The van der Waals surface area contributed by atoms with Crippen molar-refractivity contribution >= 4 is 5.95 Å². The Morgan fingerprint density at radius 1 is 0.833 bits per heavy atom. The molecule has 0 radical (unpaired) electrons. The van der Waals surface area contributed by atoms with Gasteiger partial charge in [-0.05, 0) is 36.0 Å². The molecular weight excluding hydrogens is 391 g/mol. The maximum absolute atomic E-state index is 13.0. The molecule has 0 bridgehead atoms. The Morgan fingerprint density at radius 3 is 1.87 bits per heavy atom. The second-order valence-electron chi connectivity index (χ2n) is 7.50. The van der Waals surface area contributed by atoms with Gasteiger partial charge in [-0.2, -0.15) is 13.2 Å². The fourth-order valence-corrected chi connectivity index (χ4v) is 4.18. The number of hydrogen-bond acceptors (Lipinski definition) is 4. The lowest BCUT2D eigenvalue weighted by molar-refractivity contribution is -0.141. The lowest BCUT2D eigenvalue weighted by Gasteiger charge is -2.42. The predicted octanol–water partition coefficient (Wildman–Crippen LogP) is 4.65. The van der Waals surface area contributed by atoms with Gasteiger partial charge in [0, 0.05) is 19.3 Å². The number of piperidine rings is 1. The first kappa shape index (κ1) is 20.3. The van der Waals surface area contributed by atoms with Gasteiger partial charge in [0.2, 0.25) is 5.95 Å². The normalized spacial score (nSPS) is 15.9. The van der Waals surface area contributed by atoms with Crippen LogP contribution in [0.25, 0.3) is 0 Å². The van der Waals surface area contributed by atoms with Gasteiger partial charge >= 0.3 is 6.18 Å². The number of alkyl halides is 3. The third-order valence-electron chi connectivity index (χ3n) is 5.73. The van der Waals surface area contributed by atoms with Crippen LogP contribution < -0.4 is 4.90 Å². The summed E-state index contributed by atoms with van der Waals surface area (Å²) in [6, 6.07) is 19.9. The number of benzene rings is 2. The molecule has 0 atom stereocenters. The molecule has 1 saturated heterocycles. The SMILES string of the molecule is OC(c1ccccc1)(c1ccccc1)C1CCN(c2nccc(C(F)(F)F)n2)CC1. The van der Waals surface area contributed by atoms with E-state index in [1.807, 2.05) is 60.7 Å². The maximum Gasteiger partial charge on any atom is 0.433 e. The van der Waals surface area contributed by atoms with Crippen LogP contribution in [-0.2, 0) is 11.8 Å². The molecule has 2 heterocycles. The average Bonchev–Trinajstić information content (AvgIpc) is 2.79. The minimum absolute atomic E-state index is 0.0752. The number of halogens is 3. The van der Waals surface area contributed by atoms with Gasteiger partial charge in [-0.3, -0.25) is 0 Å². The first-order valence-electron chi connectivity index (χ1n) is 9.87. The standard InChI is InChI=1S/C23H22F3N3O/c24-23(25,26)20-11-14-27-21(28-20)29-15-12-19(13-16-29)22(30,17-7-3-1-4-8-17)18-9-5-2-6-10-18/h1-11,14,19,30H,12-13,15-16H2. The molecule has 30 heavy (non-hydrogen) atoms. The van der Waals surface area contributed by atoms with Gasteiger partial charge in [-0.15, -0.1) is 0 Å². The van der Waals surface area contributed by atoms with E-state index in [2.05, 4.69) is 9.97 Å². The van der Waals surface area contributed by atoms with Crippen LogP contribution in [0.3, 0.4) is 0 Å². The van der Waals surface area contributed by atoms with E-state index in [1.165, 1.54) is 0 Å². The van der Waals surface area contributed by atoms with Crippen LogP contribution in [0.15, 0.2) is 72.9 Å². The molecule has 0 saturated carbocycles. The number of nitrogens with zero attached hydrogens (tertiary/aromatic N) is 3. The van der Waals surface area contributed by atoms with Crippen molar-refractivity contribution in [2.45, 2.75) is 24.6 Å². The van der Waals surface area contributed by atoms with Crippen molar-refractivity contribution in [1.82, 2.24) is 9.97 Å². The monoisotopic (exact) mass is 413 g/mol. The van der Waals surface area contributed by atoms with Crippen LogP contribution in [-0.4, -0.2) is 28.2 Å². The van der Waals surface area contributed by atoms with Gasteiger partial charge in [0.15, 0.2) is 0 Å². The summed E-state index contributed by atoms with van der Waals surface area (Å²) in [7, 11) is 0. The summed E-state index contributed by atoms with van der Waals surface area (Å²) in [5, 5.41) is 11.9. The summed E-state index contributed by atoms with van der Waals surface area (Å²) in [5.41, 5.74) is -0.502. The molecule has 1 N–H and O–H groups in total. The van der Waals surface area contributed by atoms with E-state index in [0.717, 1.165) is 23.4 Å². The van der Waals surface area contributed by atoms with E-state index in [0.29, 0.717) is 25.9 Å². The Kier molecular flexibility index (Phi) is 5.47. The minimum Gasteiger partial charge on any atom is -0.380 e. The zero-order valence-electron chi connectivity index (χ0n) is 16.3. The van der Waals surface area contributed by atoms with E-state index >= 15 is 0 Å². The number of aromatic nitrogens is 2. The number of anilines is 1. The van der Waals surface area contributed by atoms with Crippen LogP contribution in [0.1, 0.15) is 29.7 Å². The van der Waals surface area contributed by atoms with E-state index in [1.54, 1.807) is 4.90 Å². The summed E-state index contributed by atoms with van der Waals surface area (Å²) in [6.07, 6.45) is -2.17. The van der Waals surface area contributed by atoms with Crippen molar-refractivity contribution in [3.63, 3.8) is 0 Å². The highest BCUT2D eigenvalue weighted by atomic mass is 19.4. The van der Waals surface area contributed by atoms with Gasteiger partial charge in [0.1, 0.15) is 11.3 Å². The molecule has 0 aliphatic carbocycles. The van der Waals surface area contributed by atoms with Crippen molar-refractivity contribution < 1.29 is 18.3 Å². The van der Waals surface area contributed by atoms with Gasteiger partial charge < -0.3 is 10.0 Å². The Labute approximate surface area is 173 Å². The van der Waals surface area contributed by atoms with Gasteiger partial charge in [0.05, 0.1) is 0 Å². The molecule has 3 aromatic rings. The summed E-state index contributed by atoms with van der Waals surface area (Å²) in [5.74, 6) is -0.0180. The fraction of sp³-hybridized carbons (Fsp3) is 0.304. The topological polar surface area (TPSA) is 49.2 Å². The van der Waals surface area contributed by atoms with Gasteiger partial charge in [-0.25, -0.2) is 9.97 Å². The third kappa shape index (κ3) is 3.89. The van der Waals surface area contributed by atoms with Crippen LogP contribution in [0, 0.1) is 5.92 Å². The zero-order valence-corrected chi connectivity index (χ0v) is 16.3. The Hall–Kier alpha value is -2.93. The van der Waals surface area contributed by atoms with Crippen LogP contribution in [0.5, 0.6) is 0 Å². The molecule has 156 valence electrons. The van der Waals surface area contributed by atoms with Crippen molar-refractivity contribution in [3.8, 4) is 0 Å². The molecule has 4 rings (SSSR count). The second kappa shape index (κ2) is 8.07. The van der Waals surface area contributed by atoms with Gasteiger partial charge in [0.25, 0.3) is 0 Å². The molecule has 1 fully saturated rings. The minimum atomic E-state index is -4.50. The summed E-state index contributed by atoms with van der Waals surface area (Å²) >= 11 is 0. The smallest absolute Gasteiger partial charge is 0.380 e. The molecule has 0 spiro atoms. The molecule has 1 aliphatic rings. The van der Waals surface area contributed by atoms with Crippen molar-refractivity contribution in [2.75, 3.05) is 18.0 Å². The quantitative estimate of drug-likeness (QED) is 0.677. The van der Waals surface area contributed by atoms with Crippen molar-refractivity contribution in [3.05, 3.63) is 89.7 Å². The van der Waals surface area contributed by atoms with Crippen molar-refractivity contribution in [2.24, 2.45) is 5.92 Å². The molecule has 0 amide bonds. The maximum atomic E-state index is 13.0. The van der Waals surface area contributed by atoms with E-state index in [9.17, 15) is 18.3 Å². The van der Waals surface area contributed by atoms with Crippen LogP contribution >= 0.6 is 0 Å². The second-order valence-corrected chi connectivity index (χ2v) is 7.50. The highest BCUT2D eigenvalue weighted by Crippen LogP contribution is 2.42. The van der Waals surface area contributed by atoms with Gasteiger partial charge in [-0.1, -0.05) is 60.7 Å². The van der Waals surface area contributed by atoms with E-state index in [-0.39, 0.29) is 11.9 Å². The first-order valence-corrected chi connectivity index (χ1v) is 9.87. The summed E-state index contributed by atoms with van der Waals surface area (Å²) in [6.45, 7) is 0.932. The molecule has 0 unspecified atom stereocenters. The Balaban J connectivity index is 1.59. The predicted molar refractivity (Wildman–Crippen MR) is 108 cm³/mol. The number of hydrogen-bond donors (Lipinski definition) is 1. The third-order valence-corrected chi connectivity index (χ3v) is 5.73. The number of aliphatic hydroxyl groups is 1. The zero-order chi connectivity index (χ0) is 21.2. The lowest BCUT2D eigenvalue weighted by Crippen LogP contribution is -2.44. The highest BCUT2D eigenvalue weighted by Gasteiger charge is 2.42.